The molecule has 0 unspecified atom stereocenters. The number of hydrogen-bond donors (Lipinski definition) is 5. The van der Waals surface area contributed by atoms with Crippen molar-refractivity contribution in [1.29, 1.82) is 0 Å². The van der Waals surface area contributed by atoms with E-state index >= 15 is 0 Å². The fraction of sp³-hybridized carbons (Fsp3) is 0.208. The van der Waals surface area contributed by atoms with E-state index in [1.807, 2.05) is 0 Å². The second-order valence-electron chi connectivity index (χ2n) is 8.06. The first kappa shape index (κ1) is 28.1. The standard InChI is InChI=1S/C24H24F3N7O3S/c1-13(19-21(36)20(34(2)33-19)14-6-8-16(9-7-14)24(25,26)27)31-32-23(38)30-17-5-3-4-15(12-17)22(37)29-11-10-18(28)35/h3-9,12,36H,10-11H2,1-2H3,(H2,28,35)(H,29,37)(H2,30,32,38)/b31-13-. The highest BCUT2D eigenvalue weighted by Crippen LogP contribution is 2.35. The number of amides is 2. The second-order valence-corrected chi connectivity index (χ2v) is 8.47. The molecule has 3 rings (SSSR count). The zero-order valence-electron chi connectivity index (χ0n) is 20.3. The van der Waals surface area contributed by atoms with Gasteiger partial charge in [0.2, 0.25) is 5.91 Å². The van der Waals surface area contributed by atoms with Crippen LogP contribution in [0.1, 0.15) is 35.0 Å². The molecule has 0 aliphatic rings. The van der Waals surface area contributed by atoms with Gasteiger partial charge in [-0.05, 0) is 49.5 Å². The lowest BCUT2D eigenvalue weighted by Gasteiger charge is -2.10. The molecule has 6 N–H and O–H groups in total. The number of hydrazone groups is 1. The molecule has 0 atom stereocenters. The van der Waals surface area contributed by atoms with Crippen molar-refractivity contribution < 1.29 is 27.9 Å². The molecule has 0 saturated carbocycles. The summed E-state index contributed by atoms with van der Waals surface area (Å²) in [5.74, 6) is -1.18. The number of nitrogens with two attached hydrogens (primary N) is 1. The van der Waals surface area contributed by atoms with Gasteiger partial charge in [0, 0.05) is 36.8 Å². The number of aryl methyl sites for hydroxylation is 1. The summed E-state index contributed by atoms with van der Waals surface area (Å²) in [6, 6.07) is 10.8. The van der Waals surface area contributed by atoms with Gasteiger partial charge in [-0.15, -0.1) is 0 Å². The van der Waals surface area contributed by atoms with Crippen LogP contribution in [0.5, 0.6) is 5.75 Å². The van der Waals surface area contributed by atoms with E-state index in [0.717, 1.165) is 12.1 Å². The Hall–Kier alpha value is -4.46. The lowest BCUT2D eigenvalue weighted by atomic mass is 10.1. The lowest BCUT2D eigenvalue weighted by Crippen LogP contribution is -2.28. The van der Waals surface area contributed by atoms with E-state index in [1.54, 1.807) is 38.2 Å². The van der Waals surface area contributed by atoms with Crippen molar-refractivity contribution in [1.82, 2.24) is 20.5 Å². The number of primary amides is 1. The first-order valence-electron chi connectivity index (χ1n) is 11.1. The number of nitrogens with zero attached hydrogens (tertiary/aromatic N) is 3. The number of anilines is 1. The largest absolute Gasteiger partial charge is 0.504 e. The number of rotatable bonds is 8. The van der Waals surface area contributed by atoms with E-state index in [2.05, 4.69) is 26.3 Å². The summed E-state index contributed by atoms with van der Waals surface area (Å²) in [5.41, 5.74) is 8.60. The van der Waals surface area contributed by atoms with Gasteiger partial charge in [0.15, 0.2) is 16.6 Å². The van der Waals surface area contributed by atoms with Crippen molar-refractivity contribution in [2.24, 2.45) is 17.9 Å². The van der Waals surface area contributed by atoms with Crippen molar-refractivity contribution in [2.45, 2.75) is 19.5 Å². The van der Waals surface area contributed by atoms with Gasteiger partial charge >= 0.3 is 6.18 Å². The van der Waals surface area contributed by atoms with Crippen molar-refractivity contribution in [3.63, 3.8) is 0 Å². The molecule has 0 bridgehead atoms. The van der Waals surface area contributed by atoms with Crippen LogP contribution in [0.4, 0.5) is 18.9 Å². The summed E-state index contributed by atoms with van der Waals surface area (Å²) >= 11 is 5.23. The molecule has 0 radical (unpaired) electrons. The maximum Gasteiger partial charge on any atom is 0.416 e. The second kappa shape index (κ2) is 11.7. The Morgan fingerprint density at radius 1 is 1.18 bits per heavy atom. The Morgan fingerprint density at radius 2 is 1.87 bits per heavy atom. The van der Waals surface area contributed by atoms with E-state index in [-0.39, 0.29) is 40.9 Å². The molecule has 2 aromatic carbocycles. The number of aromatic nitrogens is 2. The molecule has 38 heavy (non-hydrogen) atoms. The average molecular weight is 548 g/mol. The number of alkyl halides is 3. The highest BCUT2D eigenvalue weighted by atomic mass is 32.1. The summed E-state index contributed by atoms with van der Waals surface area (Å²) in [7, 11) is 1.54. The molecule has 0 aliphatic heterocycles. The molecule has 1 heterocycles. The first-order valence-corrected chi connectivity index (χ1v) is 11.5. The SMILES string of the molecule is C/C(=N/NC(=S)Nc1cccc(C(=O)NCCC(N)=O)c1)c1nn(C)c(-c2ccc(C(F)(F)F)cc2)c1O. The number of thiocarbonyl (C=S) groups is 1. The maximum absolute atomic E-state index is 12.9. The molecular formula is C24H24F3N7O3S. The Balaban J connectivity index is 1.67. The molecule has 0 spiro atoms. The third kappa shape index (κ3) is 7.06. The lowest BCUT2D eigenvalue weighted by molar-refractivity contribution is -0.137. The fourth-order valence-corrected chi connectivity index (χ4v) is 3.55. The van der Waals surface area contributed by atoms with Crippen LogP contribution in [0.25, 0.3) is 11.3 Å². The smallest absolute Gasteiger partial charge is 0.416 e. The van der Waals surface area contributed by atoms with E-state index in [0.29, 0.717) is 16.8 Å². The van der Waals surface area contributed by atoms with Gasteiger partial charge in [-0.2, -0.15) is 23.4 Å². The average Bonchev–Trinajstić information content (AvgIpc) is 3.15. The monoisotopic (exact) mass is 547 g/mol. The van der Waals surface area contributed by atoms with Crippen LogP contribution < -0.4 is 21.8 Å². The predicted molar refractivity (Wildman–Crippen MR) is 139 cm³/mol. The van der Waals surface area contributed by atoms with Gasteiger partial charge in [0.05, 0.1) is 11.3 Å². The molecule has 14 heteroatoms. The minimum atomic E-state index is -4.47. The highest BCUT2D eigenvalue weighted by Gasteiger charge is 2.30. The third-order valence-corrected chi connectivity index (χ3v) is 5.41. The summed E-state index contributed by atoms with van der Waals surface area (Å²) < 4.78 is 39.9. The number of nitrogens with one attached hydrogen (secondary N) is 3. The Bertz CT molecular complexity index is 1390. The topological polar surface area (TPSA) is 147 Å². The fourth-order valence-electron chi connectivity index (χ4n) is 3.38. The molecule has 1 aromatic heterocycles. The van der Waals surface area contributed by atoms with Crippen molar-refractivity contribution in [3.05, 3.63) is 65.4 Å². The van der Waals surface area contributed by atoms with Crippen LogP contribution >= 0.6 is 12.2 Å². The zero-order valence-corrected chi connectivity index (χ0v) is 21.1. The quantitative estimate of drug-likeness (QED) is 0.165. The minimum Gasteiger partial charge on any atom is -0.504 e. The molecule has 200 valence electrons. The number of benzene rings is 2. The van der Waals surface area contributed by atoms with E-state index in [1.165, 1.54) is 16.8 Å². The third-order valence-electron chi connectivity index (χ3n) is 5.22. The van der Waals surface area contributed by atoms with Gasteiger partial charge in [-0.3, -0.25) is 19.7 Å². The Morgan fingerprint density at radius 3 is 2.50 bits per heavy atom. The summed E-state index contributed by atoms with van der Waals surface area (Å²) in [4.78, 5) is 23.0. The summed E-state index contributed by atoms with van der Waals surface area (Å²) in [5, 5.41) is 24.6. The first-order chi connectivity index (χ1) is 17.9. The van der Waals surface area contributed by atoms with Gasteiger partial charge < -0.3 is 21.5 Å². The van der Waals surface area contributed by atoms with Crippen LogP contribution in [0.15, 0.2) is 53.6 Å². The van der Waals surface area contributed by atoms with Gasteiger partial charge in [0.25, 0.3) is 5.91 Å². The number of carbonyl (C=O) groups is 2. The van der Waals surface area contributed by atoms with Crippen LogP contribution in [-0.2, 0) is 18.0 Å². The van der Waals surface area contributed by atoms with E-state index in [9.17, 15) is 27.9 Å². The zero-order chi connectivity index (χ0) is 28.0. The molecule has 3 aromatic rings. The molecule has 0 saturated heterocycles. The van der Waals surface area contributed by atoms with Crippen LogP contribution in [0.2, 0.25) is 0 Å². The van der Waals surface area contributed by atoms with Gasteiger partial charge in [-0.1, -0.05) is 18.2 Å². The Kier molecular flexibility index (Phi) is 8.68. The molecular weight excluding hydrogens is 523 g/mol. The van der Waals surface area contributed by atoms with Gasteiger partial charge in [0.1, 0.15) is 5.69 Å². The van der Waals surface area contributed by atoms with Gasteiger partial charge in [-0.25, -0.2) is 0 Å². The van der Waals surface area contributed by atoms with Crippen molar-refractivity contribution >= 4 is 40.5 Å². The number of halogens is 3. The number of aromatic hydroxyl groups is 1. The normalized spacial score (nSPS) is 11.7. The Labute approximate surface area is 220 Å². The molecule has 0 fully saturated rings. The molecule has 0 aliphatic carbocycles. The predicted octanol–water partition coefficient (Wildman–Crippen LogP) is 3.13. The van der Waals surface area contributed by atoms with Crippen molar-refractivity contribution in [2.75, 3.05) is 11.9 Å². The van der Waals surface area contributed by atoms with E-state index in [4.69, 9.17) is 18.0 Å². The van der Waals surface area contributed by atoms with Crippen LogP contribution in [0.3, 0.4) is 0 Å². The summed E-state index contributed by atoms with van der Waals surface area (Å²) in [6.45, 7) is 1.67. The number of hydrogen-bond acceptors (Lipinski definition) is 6. The summed E-state index contributed by atoms with van der Waals surface area (Å²) in [6.07, 6.45) is -4.45. The highest BCUT2D eigenvalue weighted by molar-refractivity contribution is 7.80. The van der Waals surface area contributed by atoms with E-state index < -0.39 is 23.6 Å². The minimum absolute atomic E-state index is 0.0205. The van der Waals surface area contributed by atoms with Crippen molar-refractivity contribution in [3.8, 4) is 17.0 Å². The molecule has 10 nitrogen and oxygen atoms in total. The van der Waals surface area contributed by atoms with Crippen LogP contribution in [0, 0.1) is 0 Å². The molecule has 2 amide bonds. The van der Waals surface area contributed by atoms with Crippen LogP contribution in [-0.4, -0.2) is 44.1 Å². The number of carbonyl (C=O) groups excluding carboxylic acids is 2. The maximum atomic E-state index is 12.9.